The Hall–Kier alpha value is -3.39. The zero-order valence-corrected chi connectivity index (χ0v) is 18.3. The van der Waals surface area contributed by atoms with Crippen LogP contribution in [0.3, 0.4) is 0 Å². The number of carbonyl (C=O) groups is 3. The van der Waals surface area contributed by atoms with E-state index in [1.807, 2.05) is 37.3 Å². The minimum atomic E-state index is -1.12. The zero-order chi connectivity index (χ0) is 23.7. The zero-order valence-electron chi connectivity index (χ0n) is 18.3. The average Bonchev–Trinajstić information content (AvgIpc) is 2.78. The summed E-state index contributed by atoms with van der Waals surface area (Å²) in [6, 6.07) is 12.5. The molecule has 0 saturated carbocycles. The predicted molar refractivity (Wildman–Crippen MR) is 121 cm³/mol. The molecule has 32 heavy (non-hydrogen) atoms. The van der Waals surface area contributed by atoms with Gasteiger partial charge in [-0.05, 0) is 35.6 Å². The Balaban J connectivity index is 2.14. The summed E-state index contributed by atoms with van der Waals surface area (Å²) in [5, 5.41) is 24.1. The van der Waals surface area contributed by atoms with Gasteiger partial charge < -0.3 is 26.6 Å². The molecule has 0 spiro atoms. The Kier molecular flexibility index (Phi) is 9.22. The third-order valence-electron chi connectivity index (χ3n) is 5.42. The molecule has 0 aromatic heterocycles. The summed E-state index contributed by atoms with van der Waals surface area (Å²) in [6.07, 6.45) is 0.984. The number of phenols is 1. The van der Waals surface area contributed by atoms with Crippen LogP contribution in [0.2, 0.25) is 0 Å². The Morgan fingerprint density at radius 1 is 0.906 bits per heavy atom. The minimum Gasteiger partial charge on any atom is -0.508 e. The Morgan fingerprint density at radius 2 is 1.50 bits per heavy atom. The molecule has 0 heterocycles. The van der Waals surface area contributed by atoms with Gasteiger partial charge in [-0.2, -0.15) is 0 Å². The number of hydrogen-bond acceptors (Lipinski definition) is 5. The molecule has 4 unspecified atom stereocenters. The summed E-state index contributed by atoms with van der Waals surface area (Å²) in [5.41, 5.74) is 7.62. The molecule has 0 aliphatic rings. The Morgan fingerprint density at radius 3 is 2.06 bits per heavy atom. The van der Waals surface area contributed by atoms with Crippen LogP contribution in [0.15, 0.2) is 54.6 Å². The lowest BCUT2D eigenvalue weighted by molar-refractivity contribution is -0.143. The molecule has 2 aromatic carbocycles. The molecule has 4 atom stereocenters. The quantitative estimate of drug-likeness (QED) is 0.359. The van der Waals surface area contributed by atoms with Crippen LogP contribution in [0, 0.1) is 5.92 Å². The first-order valence-electron chi connectivity index (χ1n) is 10.6. The highest BCUT2D eigenvalue weighted by Crippen LogP contribution is 2.12. The van der Waals surface area contributed by atoms with E-state index < -0.39 is 35.9 Å². The summed E-state index contributed by atoms with van der Waals surface area (Å²) in [4.78, 5) is 37.4. The molecular formula is C24H31N3O5. The second-order valence-electron chi connectivity index (χ2n) is 7.94. The number of carboxylic acid groups (broad SMARTS) is 1. The molecular weight excluding hydrogens is 410 g/mol. The monoisotopic (exact) mass is 441 g/mol. The third-order valence-corrected chi connectivity index (χ3v) is 5.42. The highest BCUT2D eigenvalue weighted by Gasteiger charge is 2.30. The number of hydrogen-bond donors (Lipinski definition) is 5. The van der Waals surface area contributed by atoms with Gasteiger partial charge in [0, 0.05) is 6.42 Å². The Bertz CT molecular complexity index is 902. The molecule has 6 N–H and O–H groups in total. The maximum atomic E-state index is 13.0. The van der Waals surface area contributed by atoms with Crippen molar-refractivity contribution in [2.24, 2.45) is 11.7 Å². The van der Waals surface area contributed by atoms with E-state index in [1.54, 1.807) is 19.1 Å². The molecule has 8 nitrogen and oxygen atoms in total. The molecule has 8 heteroatoms. The van der Waals surface area contributed by atoms with Crippen molar-refractivity contribution in [1.29, 1.82) is 0 Å². The number of amides is 2. The molecule has 0 aliphatic carbocycles. The number of nitrogens with two attached hydrogens (primary N) is 1. The average molecular weight is 442 g/mol. The number of benzene rings is 2. The first kappa shape index (κ1) is 24.9. The lowest BCUT2D eigenvalue weighted by atomic mass is 9.98. The van der Waals surface area contributed by atoms with Gasteiger partial charge >= 0.3 is 5.97 Å². The van der Waals surface area contributed by atoms with E-state index in [2.05, 4.69) is 10.6 Å². The lowest BCUT2D eigenvalue weighted by Crippen LogP contribution is -2.56. The third kappa shape index (κ3) is 7.39. The van der Waals surface area contributed by atoms with Gasteiger partial charge in [0.25, 0.3) is 0 Å². The number of aliphatic carboxylic acids is 1. The van der Waals surface area contributed by atoms with Gasteiger partial charge in [0.2, 0.25) is 11.8 Å². The maximum absolute atomic E-state index is 13.0. The van der Waals surface area contributed by atoms with Gasteiger partial charge in [-0.3, -0.25) is 9.59 Å². The van der Waals surface area contributed by atoms with Gasteiger partial charge in [0.05, 0.1) is 6.04 Å². The van der Waals surface area contributed by atoms with E-state index >= 15 is 0 Å². The van der Waals surface area contributed by atoms with Crippen molar-refractivity contribution in [2.45, 2.75) is 51.2 Å². The highest BCUT2D eigenvalue weighted by atomic mass is 16.4. The lowest BCUT2D eigenvalue weighted by Gasteiger charge is -2.25. The second kappa shape index (κ2) is 11.9. The molecule has 2 aromatic rings. The van der Waals surface area contributed by atoms with Crippen molar-refractivity contribution >= 4 is 17.8 Å². The molecule has 2 amide bonds. The standard InChI is InChI=1S/C24H31N3O5/c1-3-15(2)21(24(31)32)27-23(30)20(14-16-7-5-4-6-8-16)26-22(29)19(25)13-17-9-11-18(28)12-10-17/h4-12,15,19-21,28H,3,13-14,25H2,1-2H3,(H,26,29)(H,27,30)(H,31,32). The minimum absolute atomic E-state index is 0.112. The molecule has 0 radical (unpaired) electrons. The number of rotatable bonds is 11. The van der Waals surface area contributed by atoms with E-state index in [-0.39, 0.29) is 24.5 Å². The van der Waals surface area contributed by atoms with Gasteiger partial charge in [0.1, 0.15) is 17.8 Å². The topological polar surface area (TPSA) is 142 Å². The number of carboxylic acids is 1. The summed E-state index contributed by atoms with van der Waals surface area (Å²) < 4.78 is 0. The van der Waals surface area contributed by atoms with Crippen LogP contribution >= 0.6 is 0 Å². The van der Waals surface area contributed by atoms with Gasteiger partial charge in [-0.15, -0.1) is 0 Å². The first-order chi connectivity index (χ1) is 15.2. The second-order valence-corrected chi connectivity index (χ2v) is 7.94. The molecule has 0 fully saturated rings. The molecule has 0 aliphatic heterocycles. The fourth-order valence-corrected chi connectivity index (χ4v) is 3.25. The van der Waals surface area contributed by atoms with E-state index in [9.17, 15) is 24.6 Å². The first-order valence-corrected chi connectivity index (χ1v) is 10.6. The van der Waals surface area contributed by atoms with Crippen LogP contribution in [-0.2, 0) is 27.2 Å². The van der Waals surface area contributed by atoms with Crippen molar-refractivity contribution in [3.05, 3.63) is 65.7 Å². The van der Waals surface area contributed by atoms with E-state index in [0.717, 1.165) is 11.1 Å². The fourth-order valence-electron chi connectivity index (χ4n) is 3.25. The van der Waals surface area contributed by atoms with Crippen molar-refractivity contribution in [3.63, 3.8) is 0 Å². The van der Waals surface area contributed by atoms with Crippen molar-refractivity contribution in [1.82, 2.24) is 10.6 Å². The van der Waals surface area contributed by atoms with Gasteiger partial charge in [0.15, 0.2) is 0 Å². The number of nitrogens with one attached hydrogen (secondary N) is 2. The van der Waals surface area contributed by atoms with Crippen LogP contribution in [-0.4, -0.2) is 46.1 Å². The van der Waals surface area contributed by atoms with Gasteiger partial charge in [-0.25, -0.2) is 4.79 Å². The molecule has 0 saturated heterocycles. The maximum Gasteiger partial charge on any atom is 0.326 e. The SMILES string of the molecule is CCC(C)C(NC(=O)C(Cc1ccccc1)NC(=O)C(N)Cc1ccc(O)cc1)C(=O)O. The Labute approximate surface area is 187 Å². The van der Waals surface area contributed by atoms with Crippen LogP contribution < -0.4 is 16.4 Å². The van der Waals surface area contributed by atoms with Crippen LogP contribution in [0.1, 0.15) is 31.4 Å². The van der Waals surface area contributed by atoms with Crippen LogP contribution in [0.25, 0.3) is 0 Å². The van der Waals surface area contributed by atoms with Crippen molar-refractivity contribution in [2.75, 3.05) is 0 Å². The van der Waals surface area contributed by atoms with Crippen LogP contribution in [0.5, 0.6) is 5.75 Å². The normalized spacial score (nSPS) is 14.6. The smallest absolute Gasteiger partial charge is 0.326 e. The number of aromatic hydroxyl groups is 1. The fraction of sp³-hybridized carbons (Fsp3) is 0.375. The van der Waals surface area contributed by atoms with Crippen molar-refractivity contribution in [3.8, 4) is 5.75 Å². The summed E-state index contributed by atoms with van der Waals surface area (Å²) in [5.74, 6) is -2.39. The predicted octanol–water partition coefficient (Wildman–Crippen LogP) is 1.61. The van der Waals surface area contributed by atoms with E-state index in [1.165, 1.54) is 12.1 Å². The summed E-state index contributed by atoms with van der Waals surface area (Å²) in [6.45, 7) is 3.59. The summed E-state index contributed by atoms with van der Waals surface area (Å²) >= 11 is 0. The van der Waals surface area contributed by atoms with Gasteiger partial charge in [-0.1, -0.05) is 62.7 Å². The summed E-state index contributed by atoms with van der Waals surface area (Å²) in [7, 11) is 0. The number of carbonyl (C=O) groups excluding carboxylic acids is 2. The highest BCUT2D eigenvalue weighted by molar-refractivity contribution is 5.92. The number of phenolic OH excluding ortho intramolecular Hbond substituents is 1. The molecule has 2 rings (SSSR count). The van der Waals surface area contributed by atoms with Crippen molar-refractivity contribution < 1.29 is 24.6 Å². The van der Waals surface area contributed by atoms with E-state index in [0.29, 0.717) is 6.42 Å². The molecule has 172 valence electrons. The largest absolute Gasteiger partial charge is 0.508 e. The molecule has 0 bridgehead atoms. The van der Waals surface area contributed by atoms with E-state index in [4.69, 9.17) is 5.73 Å². The van der Waals surface area contributed by atoms with Crippen LogP contribution in [0.4, 0.5) is 0 Å².